The van der Waals surface area contributed by atoms with Crippen LogP contribution < -0.4 is 5.32 Å². The molecule has 1 N–H and O–H groups in total. The molecular formula is C17H27ClN4O2. The molecule has 2 heterocycles. The molecule has 3 rings (SSSR count). The van der Waals surface area contributed by atoms with Crippen molar-refractivity contribution >= 4 is 17.5 Å². The Labute approximate surface area is 148 Å². The summed E-state index contributed by atoms with van der Waals surface area (Å²) >= 11 is 6.16. The third-order valence-corrected chi connectivity index (χ3v) is 5.39. The van der Waals surface area contributed by atoms with Crippen molar-refractivity contribution in [2.75, 3.05) is 33.4 Å². The lowest BCUT2D eigenvalue weighted by atomic mass is 9.98. The maximum Gasteiger partial charge on any atom is 0.271 e. The zero-order chi connectivity index (χ0) is 17.1. The van der Waals surface area contributed by atoms with Crippen LogP contribution in [0.5, 0.6) is 0 Å². The molecule has 1 saturated heterocycles. The van der Waals surface area contributed by atoms with Crippen LogP contribution in [0, 0.1) is 11.8 Å². The molecule has 2 atom stereocenters. The molecule has 2 aliphatic rings. The second kappa shape index (κ2) is 7.85. The van der Waals surface area contributed by atoms with Crippen molar-refractivity contribution in [1.82, 2.24) is 20.0 Å². The maximum atomic E-state index is 12.7. The molecule has 2 fully saturated rings. The number of hydrogen-bond donors (Lipinski definition) is 1. The molecule has 0 radical (unpaired) electrons. The van der Waals surface area contributed by atoms with Crippen molar-refractivity contribution < 1.29 is 9.53 Å². The molecule has 0 spiro atoms. The topological polar surface area (TPSA) is 59.4 Å². The molecule has 1 aromatic heterocycles. The van der Waals surface area contributed by atoms with Crippen molar-refractivity contribution in [2.24, 2.45) is 11.8 Å². The Morgan fingerprint density at radius 1 is 1.46 bits per heavy atom. The van der Waals surface area contributed by atoms with Gasteiger partial charge in [0, 0.05) is 45.9 Å². The lowest BCUT2D eigenvalue weighted by Gasteiger charge is -2.20. The molecule has 1 amide bonds. The quantitative estimate of drug-likeness (QED) is 0.726. The van der Waals surface area contributed by atoms with Crippen LogP contribution in [-0.2, 0) is 11.3 Å². The van der Waals surface area contributed by atoms with Crippen LogP contribution in [0.3, 0.4) is 0 Å². The van der Waals surface area contributed by atoms with Crippen LogP contribution in [0.2, 0.25) is 5.02 Å². The summed E-state index contributed by atoms with van der Waals surface area (Å²) in [6.45, 7) is 6.38. The zero-order valence-electron chi connectivity index (χ0n) is 14.5. The highest BCUT2D eigenvalue weighted by Crippen LogP contribution is 2.41. The smallest absolute Gasteiger partial charge is 0.271 e. The van der Waals surface area contributed by atoms with Crippen LogP contribution >= 0.6 is 11.6 Å². The Balaban J connectivity index is 1.63. The minimum absolute atomic E-state index is 0.103. The lowest BCUT2D eigenvalue weighted by Crippen LogP contribution is -2.42. The van der Waals surface area contributed by atoms with Gasteiger partial charge in [-0.1, -0.05) is 11.6 Å². The molecular weight excluding hydrogens is 328 g/mol. The molecule has 1 aliphatic heterocycles. The molecule has 7 heteroatoms. The molecule has 1 saturated carbocycles. The standard InChI is InChI=1S/C17H27ClN4O2/c1-3-22-16(14(18)9-19-22)17(23)20-15-11-21(7-4-8-24-2)10-13(15)12-5-6-12/h9,12-13,15H,3-8,10-11H2,1-2H3,(H,20,23)/t13-,15+/m0/s1. The number of nitrogens with zero attached hydrogens (tertiary/aromatic N) is 3. The minimum atomic E-state index is -0.103. The normalized spacial score (nSPS) is 24.5. The molecule has 1 aromatic rings. The summed E-state index contributed by atoms with van der Waals surface area (Å²) in [5.74, 6) is 1.20. The van der Waals surface area contributed by atoms with Gasteiger partial charge in [-0.3, -0.25) is 9.48 Å². The van der Waals surface area contributed by atoms with Gasteiger partial charge in [-0.25, -0.2) is 0 Å². The molecule has 0 aromatic carbocycles. The molecule has 1 aliphatic carbocycles. The fourth-order valence-electron chi connectivity index (χ4n) is 3.75. The highest BCUT2D eigenvalue weighted by atomic mass is 35.5. The molecule has 0 bridgehead atoms. The summed E-state index contributed by atoms with van der Waals surface area (Å²) in [6, 6.07) is 0.198. The summed E-state index contributed by atoms with van der Waals surface area (Å²) in [7, 11) is 1.74. The van der Waals surface area contributed by atoms with E-state index < -0.39 is 0 Å². The van der Waals surface area contributed by atoms with Crippen molar-refractivity contribution in [2.45, 2.75) is 38.8 Å². The summed E-state index contributed by atoms with van der Waals surface area (Å²) in [5, 5.41) is 7.82. The van der Waals surface area contributed by atoms with Crippen LogP contribution in [0.15, 0.2) is 6.20 Å². The van der Waals surface area contributed by atoms with Gasteiger partial charge in [-0.2, -0.15) is 5.10 Å². The molecule has 24 heavy (non-hydrogen) atoms. The number of rotatable bonds is 8. The van der Waals surface area contributed by atoms with E-state index in [2.05, 4.69) is 15.3 Å². The largest absolute Gasteiger partial charge is 0.385 e. The predicted molar refractivity (Wildman–Crippen MR) is 93.3 cm³/mol. The van der Waals surface area contributed by atoms with E-state index >= 15 is 0 Å². The average Bonchev–Trinajstić information content (AvgIpc) is 3.23. The lowest BCUT2D eigenvalue weighted by molar-refractivity contribution is 0.0917. The second-order valence-corrected chi connectivity index (χ2v) is 7.25. The first-order chi connectivity index (χ1) is 11.6. The van der Waals surface area contributed by atoms with Crippen molar-refractivity contribution in [3.63, 3.8) is 0 Å². The van der Waals surface area contributed by atoms with Gasteiger partial charge < -0.3 is 15.0 Å². The molecule has 0 unspecified atom stereocenters. The maximum absolute atomic E-state index is 12.7. The van der Waals surface area contributed by atoms with Crippen LogP contribution in [-0.4, -0.2) is 60.0 Å². The van der Waals surface area contributed by atoms with E-state index in [1.165, 1.54) is 12.8 Å². The molecule has 134 valence electrons. The van der Waals surface area contributed by atoms with Gasteiger partial charge >= 0.3 is 0 Å². The number of halogens is 1. The number of ether oxygens (including phenoxy) is 1. The van der Waals surface area contributed by atoms with E-state index in [9.17, 15) is 4.79 Å². The number of likely N-dealkylation sites (tertiary alicyclic amines) is 1. The van der Waals surface area contributed by atoms with E-state index in [-0.39, 0.29) is 11.9 Å². The average molecular weight is 355 g/mol. The number of aryl methyl sites for hydroxylation is 1. The first-order valence-corrected chi connectivity index (χ1v) is 9.25. The van der Waals surface area contributed by atoms with E-state index in [0.717, 1.165) is 38.6 Å². The second-order valence-electron chi connectivity index (χ2n) is 6.84. The highest BCUT2D eigenvalue weighted by Gasteiger charge is 2.43. The van der Waals surface area contributed by atoms with Gasteiger partial charge in [0.05, 0.1) is 11.2 Å². The Bertz CT molecular complexity index is 573. The van der Waals surface area contributed by atoms with Gasteiger partial charge in [-0.15, -0.1) is 0 Å². The fourth-order valence-corrected chi connectivity index (χ4v) is 3.97. The summed E-state index contributed by atoms with van der Waals surface area (Å²) in [5.41, 5.74) is 0.478. The number of amides is 1. The third kappa shape index (κ3) is 3.92. The van der Waals surface area contributed by atoms with Crippen LogP contribution in [0.1, 0.15) is 36.7 Å². The third-order valence-electron chi connectivity index (χ3n) is 5.12. The van der Waals surface area contributed by atoms with Crippen LogP contribution in [0.25, 0.3) is 0 Å². The predicted octanol–water partition coefficient (Wildman–Crippen LogP) is 2.03. The summed E-state index contributed by atoms with van der Waals surface area (Å²) in [6.07, 6.45) is 5.15. The fraction of sp³-hybridized carbons (Fsp3) is 0.765. The van der Waals surface area contributed by atoms with E-state index in [0.29, 0.717) is 23.2 Å². The van der Waals surface area contributed by atoms with Crippen LogP contribution in [0.4, 0.5) is 0 Å². The number of carbonyl (C=O) groups excluding carboxylic acids is 1. The number of hydrogen-bond acceptors (Lipinski definition) is 4. The van der Waals surface area contributed by atoms with E-state index in [4.69, 9.17) is 16.3 Å². The first kappa shape index (κ1) is 17.7. The van der Waals surface area contributed by atoms with Gasteiger partial charge in [-0.05, 0) is 38.0 Å². The Hall–Kier alpha value is -1.11. The number of methoxy groups -OCH3 is 1. The zero-order valence-corrected chi connectivity index (χ0v) is 15.3. The number of nitrogens with one attached hydrogen (secondary N) is 1. The van der Waals surface area contributed by atoms with Gasteiger partial charge in [0.2, 0.25) is 0 Å². The van der Waals surface area contributed by atoms with Gasteiger partial charge in [0.15, 0.2) is 0 Å². The molecule has 6 nitrogen and oxygen atoms in total. The summed E-state index contributed by atoms with van der Waals surface area (Å²) < 4.78 is 6.81. The van der Waals surface area contributed by atoms with Crippen molar-refractivity contribution in [3.05, 3.63) is 16.9 Å². The monoisotopic (exact) mass is 354 g/mol. The number of carbonyl (C=O) groups is 1. The van der Waals surface area contributed by atoms with Crippen molar-refractivity contribution in [1.29, 1.82) is 0 Å². The first-order valence-electron chi connectivity index (χ1n) is 8.87. The SMILES string of the molecule is CCn1ncc(Cl)c1C(=O)N[C@@H]1CN(CCCOC)C[C@H]1C1CC1. The van der Waals surface area contributed by atoms with Crippen molar-refractivity contribution in [3.8, 4) is 0 Å². The van der Waals surface area contributed by atoms with Gasteiger partial charge in [0.1, 0.15) is 5.69 Å². The Morgan fingerprint density at radius 3 is 2.92 bits per heavy atom. The van der Waals surface area contributed by atoms with E-state index in [1.54, 1.807) is 18.0 Å². The highest BCUT2D eigenvalue weighted by molar-refractivity contribution is 6.33. The van der Waals surface area contributed by atoms with E-state index in [1.807, 2.05) is 6.92 Å². The minimum Gasteiger partial charge on any atom is -0.385 e. The number of aromatic nitrogens is 2. The Morgan fingerprint density at radius 2 is 2.25 bits per heavy atom. The summed E-state index contributed by atoms with van der Waals surface area (Å²) in [4.78, 5) is 15.2. The van der Waals surface area contributed by atoms with Gasteiger partial charge in [0.25, 0.3) is 5.91 Å². The Kier molecular flexibility index (Phi) is 5.79.